The summed E-state index contributed by atoms with van der Waals surface area (Å²) >= 11 is 0. The van der Waals surface area contributed by atoms with Gasteiger partial charge in [-0.05, 0) is 24.6 Å². The van der Waals surface area contributed by atoms with Crippen molar-refractivity contribution in [3.8, 4) is 5.69 Å². The molecular formula is C14H16F2N4. The zero-order valence-electron chi connectivity index (χ0n) is 11.0. The maximum absolute atomic E-state index is 13.7. The summed E-state index contributed by atoms with van der Waals surface area (Å²) in [5, 5.41) is 4.33. The lowest BCUT2D eigenvalue weighted by atomic mass is 10.3. The third-order valence-corrected chi connectivity index (χ3v) is 3.50. The zero-order chi connectivity index (χ0) is 14.1. The van der Waals surface area contributed by atoms with Gasteiger partial charge in [-0.2, -0.15) is 5.10 Å². The van der Waals surface area contributed by atoms with Gasteiger partial charge in [-0.25, -0.2) is 13.5 Å². The van der Waals surface area contributed by atoms with Gasteiger partial charge in [-0.15, -0.1) is 0 Å². The predicted molar refractivity (Wildman–Crippen MR) is 71.3 cm³/mol. The molecule has 2 heterocycles. The molecule has 1 aliphatic heterocycles. The first-order chi connectivity index (χ1) is 9.61. The predicted octanol–water partition coefficient (Wildman–Crippen LogP) is 1.68. The molecule has 1 aromatic heterocycles. The Morgan fingerprint density at radius 3 is 2.85 bits per heavy atom. The lowest BCUT2D eigenvalue weighted by Crippen LogP contribution is -2.26. The average molecular weight is 278 g/mol. The van der Waals surface area contributed by atoms with E-state index in [1.54, 1.807) is 6.20 Å². The molecular weight excluding hydrogens is 262 g/mol. The number of likely N-dealkylation sites (tertiary alicyclic amines) is 1. The fraction of sp³-hybridized carbons (Fsp3) is 0.357. The molecule has 1 aliphatic rings. The smallest absolute Gasteiger partial charge is 0.151 e. The molecule has 1 fully saturated rings. The molecule has 0 aliphatic carbocycles. The Labute approximate surface area is 115 Å². The Bertz CT molecular complexity index is 611. The van der Waals surface area contributed by atoms with Crippen LogP contribution in [0.4, 0.5) is 8.78 Å². The van der Waals surface area contributed by atoms with Crippen molar-refractivity contribution in [3.63, 3.8) is 0 Å². The second-order valence-electron chi connectivity index (χ2n) is 5.13. The Morgan fingerprint density at radius 1 is 1.30 bits per heavy atom. The van der Waals surface area contributed by atoms with Crippen LogP contribution in [0.3, 0.4) is 0 Å². The molecule has 3 rings (SSSR count). The summed E-state index contributed by atoms with van der Waals surface area (Å²) in [7, 11) is 0. The summed E-state index contributed by atoms with van der Waals surface area (Å²) in [5.74, 6) is -1.22. The number of halogens is 2. The summed E-state index contributed by atoms with van der Waals surface area (Å²) < 4.78 is 28.0. The summed E-state index contributed by atoms with van der Waals surface area (Å²) in [6.07, 6.45) is 2.68. The molecule has 0 saturated carbocycles. The minimum Gasteiger partial charge on any atom is -0.326 e. The highest BCUT2D eigenvalue weighted by Gasteiger charge is 2.19. The van der Waals surface area contributed by atoms with Crippen molar-refractivity contribution in [2.75, 3.05) is 13.1 Å². The number of nitrogens with zero attached hydrogens (tertiary/aromatic N) is 3. The van der Waals surface area contributed by atoms with Crippen LogP contribution in [-0.2, 0) is 6.54 Å². The van der Waals surface area contributed by atoms with Crippen LogP contribution in [0.15, 0.2) is 30.5 Å². The van der Waals surface area contributed by atoms with Crippen LogP contribution < -0.4 is 5.73 Å². The van der Waals surface area contributed by atoms with Crippen LogP contribution in [0, 0.1) is 11.6 Å². The van der Waals surface area contributed by atoms with E-state index < -0.39 is 11.6 Å². The number of hydrogen-bond donors (Lipinski definition) is 1. The van der Waals surface area contributed by atoms with E-state index >= 15 is 0 Å². The van der Waals surface area contributed by atoms with E-state index in [-0.39, 0.29) is 11.7 Å². The van der Waals surface area contributed by atoms with E-state index in [9.17, 15) is 8.78 Å². The molecule has 0 radical (unpaired) electrons. The van der Waals surface area contributed by atoms with Crippen molar-refractivity contribution < 1.29 is 8.78 Å². The van der Waals surface area contributed by atoms with Gasteiger partial charge >= 0.3 is 0 Å². The van der Waals surface area contributed by atoms with E-state index in [1.165, 1.54) is 16.8 Å². The summed E-state index contributed by atoms with van der Waals surface area (Å²) in [6, 6.07) is 5.53. The molecule has 2 aromatic rings. The van der Waals surface area contributed by atoms with Gasteiger partial charge in [-0.1, -0.05) is 0 Å². The first-order valence-electron chi connectivity index (χ1n) is 6.60. The minimum atomic E-state index is -0.622. The second kappa shape index (κ2) is 5.30. The van der Waals surface area contributed by atoms with Gasteiger partial charge in [0.2, 0.25) is 0 Å². The van der Waals surface area contributed by atoms with Crippen LogP contribution in [-0.4, -0.2) is 33.8 Å². The van der Waals surface area contributed by atoms with Crippen LogP contribution in [0.2, 0.25) is 0 Å². The van der Waals surface area contributed by atoms with Crippen molar-refractivity contribution in [3.05, 3.63) is 47.8 Å². The van der Waals surface area contributed by atoms with Crippen molar-refractivity contribution in [2.24, 2.45) is 5.73 Å². The fourth-order valence-corrected chi connectivity index (χ4v) is 2.48. The SMILES string of the molecule is NC1CCN(Cc2ccn(-c3ccc(F)cc3F)n2)C1. The number of rotatable bonds is 3. The summed E-state index contributed by atoms with van der Waals surface area (Å²) in [4.78, 5) is 2.22. The largest absolute Gasteiger partial charge is 0.326 e. The highest BCUT2D eigenvalue weighted by Crippen LogP contribution is 2.16. The molecule has 20 heavy (non-hydrogen) atoms. The van der Waals surface area contributed by atoms with Crippen molar-refractivity contribution in [1.29, 1.82) is 0 Å². The van der Waals surface area contributed by atoms with Crippen LogP contribution >= 0.6 is 0 Å². The van der Waals surface area contributed by atoms with Crippen molar-refractivity contribution in [1.82, 2.24) is 14.7 Å². The summed E-state index contributed by atoms with van der Waals surface area (Å²) in [6.45, 7) is 2.51. The first-order valence-corrected chi connectivity index (χ1v) is 6.60. The average Bonchev–Trinajstić information content (AvgIpc) is 2.99. The normalized spacial score (nSPS) is 19.6. The van der Waals surface area contributed by atoms with E-state index in [1.807, 2.05) is 6.07 Å². The third-order valence-electron chi connectivity index (χ3n) is 3.50. The molecule has 2 N–H and O–H groups in total. The lowest BCUT2D eigenvalue weighted by Gasteiger charge is -2.12. The number of benzene rings is 1. The van der Waals surface area contributed by atoms with Gasteiger partial charge in [0.25, 0.3) is 0 Å². The van der Waals surface area contributed by atoms with Crippen LogP contribution in [0.1, 0.15) is 12.1 Å². The van der Waals surface area contributed by atoms with Crippen molar-refractivity contribution in [2.45, 2.75) is 19.0 Å². The Kier molecular flexibility index (Phi) is 3.50. The van der Waals surface area contributed by atoms with E-state index in [0.29, 0.717) is 6.54 Å². The van der Waals surface area contributed by atoms with E-state index in [2.05, 4.69) is 10.00 Å². The number of hydrogen-bond acceptors (Lipinski definition) is 3. The number of nitrogens with two attached hydrogens (primary N) is 1. The Hall–Kier alpha value is -1.79. The molecule has 106 valence electrons. The van der Waals surface area contributed by atoms with Crippen molar-refractivity contribution >= 4 is 0 Å². The molecule has 1 aromatic carbocycles. The zero-order valence-corrected chi connectivity index (χ0v) is 11.0. The number of aromatic nitrogens is 2. The molecule has 0 spiro atoms. The van der Waals surface area contributed by atoms with Crippen LogP contribution in [0.25, 0.3) is 5.69 Å². The monoisotopic (exact) mass is 278 g/mol. The topological polar surface area (TPSA) is 47.1 Å². The quantitative estimate of drug-likeness (QED) is 0.929. The van der Waals surface area contributed by atoms with Gasteiger partial charge in [0.05, 0.1) is 5.69 Å². The van der Waals surface area contributed by atoms with Crippen LogP contribution in [0.5, 0.6) is 0 Å². The van der Waals surface area contributed by atoms with Gasteiger partial charge in [0, 0.05) is 37.9 Å². The van der Waals surface area contributed by atoms with E-state index in [0.717, 1.165) is 31.3 Å². The van der Waals surface area contributed by atoms with Gasteiger partial charge in [-0.3, -0.25) is 4.90 Å². The molecule has 4 nitrogen and oxygen atoms in total. The van der Waals surface area contributed by atoms with E-state index in [4.69, 9.17) is 5.73 Å². The highest BCUT2D eigenvalue weighted by atomic mass is 19.1. The Balaban J connectivity index is 1.76. The molecule has 1 atom stereocenters. The minimum absolute atomic E-state index is 0.228. The standard InChI is InChI=1S/C14H16F2N4/c15-10-1-2-14(13(16)7-10)20-6-4-12(18-20)9-19-5-3-11(17)8-19/h1-2,4,6-7,11H,3,5,8-9,17H2. The Morgan fingerprint density at radius 2 is 2.15 bits per heavy atom. The molecule has 0 bridgehead atoms. The molecule has 0 amide bonds. The van der Waals surface area contributed by atoms with Gasteiger partial charge < -0.3 is 5.73 Å². The first kappa shape index (κ1) is 13.2. The fourth-order valence-electron chi connectivity index (χ4n) is 2.48. The summed E-state index contributed by atoms with van der Waals surface area (Å²) in [5.41, 5.74) is 6.95. The third kappa shape index (κ3) is 2.71. The molecule has 6 heteroatoms. The molecule has 1 saturated heterocycles. The second-order valence-corrected chi connectivity index (χ2v) is 5.13. The van der Waals surface area contributed by atoms with Gasteiger partial charge in [0.1, 0.15) is 11.5 Å². The molecule has 1 unspecified atom stereocenters. The van der Waals surface area contributed by atoms with Gasteiger partial charge in [0.15, 0.2) is 5.82 Å². The highest BCUT2D eigenvalue weighted by molar-refractivity contribution is 5.33. The maximum atomic E-state index is 13.7. The lowest BCUT2D eigenvalue weighted by molar-refractivity contribution is 0.322. The maximum Gasteiger partial charge on any atom is 0.151 e.